The Balaban J connectivity index is 1.98. The Kier molecular flexibility index (Phi) is 7.73. The van der Waals surface area contributed by atoms with Crippen LogP contribution in [-0.4, -0.2) is 44.1 Å². The molecule has 3 aromatic carbocycles. The molecule has 1 fully saturated rings. The topological polar surface area (TPSA) is 102 Å². The largest absolute Gasteiger partial charge is 0.507 e. The van der Waals surface area contributed by atoms with Gasteiger partial charge < -0.3 is 19.3 Å². The maximum atomic E-state index is 13.5. The normalized spacial score (nSPS) is 16.4. The van der Waals surface area contributed by atoms with Crippen LogP contribution in [0.15, 0.2) is 66.2 Å². The molecule has 3 aromatic rings. The summed E-state index contributed by atoms with van der Waals surface area (Å²) in [6, 6.07) is 15.5. The number of methoxy groups -OCH3 is 3. The Hall–Kier alpha value is -4.30. The van der Waals surface area contributed by atoms with E-state index in [1.165, 1.54) is 44.4 Å². The van der Waals surface area contributed by atoms with Crippen LogP contribution in [0.25, 0.3) is 5.76 Å². The summed E-state index contributed by atoms with van der Waals surface area (Å²) in [7, 11) is 4.09. The van der Waals surface area contributed by atoms with Crippen molar-refractivity contribution in [2.75, 3.05) is 26.2 Å². The highest BCUT2D eigenvalue weighted by Gasteiger charge is 2.47. The molecular formula is C29H26ClNO7. The zero-order valence-corrected chi connectivity index (χ0v) is 22.0. The molecule has 8 nitrogen and oxygen atoms in total. The van der Waals surface area contributed by atoms with Gasteiger partial charge in [-0.25, -0.2) is 4.79 Å². The molecule has 0 radical (unpaired) electrons. The molecule has 9 heteroatoms. The van der Waals surface area contributed by atoms with Crippen molar-refractivity contribution < 1.29 is 33.7 Å². The number of aryl methyl sites for hydroxylation is 1. The summed E-state index contributed by atoms with van der Waals surface area (Å²) in [5, 5.41) is 11.7. The molecule has 0 aromatic heterocycles. The highest BCUT2D eigenvalue weighted by molar-refractivity contribution is 6.51. The van der Waals surface area contributed by atoms with Gasteiger partial charge in [-0.1, -0.05) is 48.9 Å². The molecule has 1 amide bonds. The van der Waals surface area contributed by atoms with Gasteiger partial charge in [0, 0.05) is 11.8 Å². The van der Waals surface area contributed by atoms with Gasteiger partial charge in [-0.15, -0.1) is 0 Å². The molecule has 38 heavy (non-hydrogen) atoms. The number of aliphatic hydroxyl groups is 1. The van der Waals surface area contributed by atoms with E-state index in [0.29, 0.717) is 17.0 Å². The van der Waals surface area contributed by atoms with Crippen molar-refractivity contribution in [2.24, 2.45) is 0 Å². The molecular weight excluding hydrogens is 510 g/mol. The number of esters is 1. The van der Waals surface area contributed by atoms with Gasteiger partial charge in [0.2, 0.25) is 0 Å². The van der Waals surface area contributed by atoms with Crippen LogP contribution in [0, 0.1) is 0 Å². The van der Waals surface area contributed by atoms with E-state index in [2.05, 4.69) is 0 Å². The van der Waals surface area contributed by atoms with E-state index < -0.39 is 29.5 Å². The monoisotopic (exact) mass is 535 g/mol. The van der Waals surface area contributed by atoms with Gasteiger partial charge in [-0.3, -0.25) is 14.5 Å². The van der Waals surface area contributed by atoms with Gasteiger partial charge in [-0.2, -0.15) is 0 Å². The smallest absolute Gasteiger partial charge is 0.337 e. The SMILES string of the molecule is CCc1ccc(C2/C(=C(\O)c3cc(Cl)c(OC)cc3OC)C(=O)C(=O)N2c2cccc(C(=O)OC)c2)cc1. The number of hydrogen-bond acceptors (Lipinski definition) is 7. The zero-order chi connectivity index (χ0) is 27.6. The average Bonchev–Trinajstić information content (AvgIpc) is 3.21. The van der Waals surface area contributed by atoms with E-state index in [1.54, 1.807) is 30.3 Å². The minimum atomic E-state index is -1.00. The third-order valence-corrected chi connectivity index (χ3v) is 6.72. The van der Waals surface area contributed by atoms with Crippen LogP contribution in [0.3, 0.4) is 0 Å². The number of aliphatic hydroxyl groups excluding tert-OH is 1. The molecule has 1 aliphatic rings. The number of carbonyl (C=O) groups excluding carboxylic acids is 3. The van der Waals surface area contributed by atoms with E-state index in [1.807, 2.05) is 19.1 Å². The zero-order valence-electron chi connectivity index (χ0n) is 21.3. The van der Waals surface area contributed by atoms with Gasteiger partial charge in [0.05, 0.1) is 49.1 Å². The lowest BCUT2D eigenvalue weighted by molar-refractivity contribution is -0.132. The van der Waals surface area contributed by atoms with Crippen molar-refractivity contribution >= 4 is 40.7 Å². The van der Waals surface area contributed by atoms with Gasteiger partial charge >= 0.3 is 5.97 Å². The molecule has 1 saturated heterocycles. The Labute approximate surface area is 225 Å². The third kappa shape index (κ3) is 4.70. The second-order valence-corrected chi connectivity index (χ2v) is 8.90. The number of anilines is 1. The fourth-order valence-electron chi connectivity index (χ4n) is 4.44. The standard InChI is InChI=1S/C29H26ClNO7/c1-5-16-9-11-17(12-10-16)25-24(26(32)20-14-21(30)23(37-3)15-22(20)36-2)27(33)28(34)31(25)19-8-6-7-18(13-19)29(35)38-4/h6-15,25,32H,5H2,1-4H3/b26-24+. The number of amides is 1. The minimum Gasteiger partial charge on any atom is -0.507 e. The Morgan fingerprint density at radius 1 is 0.974 bits per heavy atom. The van der Waals surface area contributed by atoms with Crippen LogP contribution in [0.1, 0.15) is 40.0 Å². The van der Waals surface area contributed by atoms with E-state index in [-0.39, 0.29) is 27.5 Å². The number of nitrogens with zero attached hydrogens (tertiary/aromatic N) is 1. The summed E-state index contributed by atoms with van der Waals surface area (Å²) in [6.45, 7) is 2.01. The summed E-state index contributed by atoms with van der Waals surface area (Å²) in [5.74, 6) is -2.30. The van der Waals surface area contributed by atoms with Crippen molar-refractivity contribution in [3.05, 3.63) is 93.5 Å². The van der Waals surface area contributed by atoms with Gasteiger partial charge in [-0.05, 0) is 41.8 Å². The lowest BCUT2D eigenvalue weighted by Gasteiger charge is -2.26. The van der Waals surface area contributed by atoms with Crippen molar-refractivity contribution in [1.29, 1.82) is 0 Å². The first kappa shape index (κ1) is 26.8. The summed E-state index contributed by atoms with van der Waals surface area (Å²) < 4.78 is 15.5. The number of rotatable bonds is 7. The van der Waals surface area contributed by atoms with Crippen LogP contribution >= 0.6 is 11.6 Å². The molecule has 1 N–H and O–H groups in total. The predicted molar refractivity (Wildman–Crippen MR) is 143 cm³/mol. The highest BCUT2D eigenvalue weighted by Crippen LogP contribution is 2.45. The molecule has 4 rings (SSSR count). The molecule has 0 saturated carbocycles. The van der Waals surface area contributed by atoms with Crippen molar-refractivity contribution in [3.8, 4) is 11.5 Å². The quantitative estimate of drug-likeness (QED) is 0.189. The lowest BCUT2D eigenvalue weighted by Crippen LogP contribution is -2.29. The van der Waals surface area contributed by atoms with Crippen LogP contribution in [0.2, 0.25) is 5.02 Å². The van der Waals surface area contributed by atoms with Crippen molar-refractivity contribution in [1.82, 2.24) is 0 Å². The van der Waals surface area contributed by atoms with Crippen molar-refractivity contribution in [2.45, 2.75) is 19.4 Å². The molecule has 1 heterocycles. The molecule has 0 aliphatic carbocycles. The summed E-state index contributed by atoms with van der Waals surface area (Å²) in [4.78, 5) is 40.4. The number of halogens is 1. The first-order valence-corrected chi connectivity index (χ1v) is 12.1. The van der Waals surface area contributed by atoms with Crippen molar-refractivity contribution in [3.63, 3.8) is 0 Å². The fourth-order valence-corrected chi connectivity index (χ4v) is 4.68. The predicted octanol–water partition coefficient (Wildman–Crippen LogP) is 5.33. The number of ketones is 1. The maximum Gasteiger partial charge on any atom is 0.337 e. The summed E-state index contributed by atoms with van der Waals surface area (Å²) in [5.41, 5.74) is 2.11. The number of Topliss-reactive ketones (excluding diaryl/α,β-unsaturated/α-hetero) is 1. The van der Waals surface area contributed by atoms with Crippen LogP contribution in [0.5, 0.6) is 11.5 Å². The highest BCUT2D eigenvalue weighted by atomic mass is 35.5. The van der Waals surface area contributed by atoms with Crippen LogP contribution in [-0.2, 0) is 20.7 Å². The summed E-state index contributed by atoms with van der Waals surface area (Å²) in [6.07, 6.45) is 0.795. The number of ether oxygens (including phenoxy) is 3. The Morgan fingerprint density at radius 2 is 1.66 bits per heavy atom. The van der Waals surface area contributed by atoms with E-state index in [4.69, 9.17) is 25.8 Å². The summed E-state index contributed by atoms with van der Waals surface area (Å²) >= 11 is 6.33. The lowest BCUT2D eigenvalue weighted by atomic mass is 9.94. The maximum absolute atomic E-state index is 13.5. The molecule has 1 aliphatic heterocycles. The van der Waals surface area contributed by atoms with E-state index in [9.17, 15) is 19.5 Å². The fraction of sp³-hybridized carbons (Fsp3) is 0.207. The Bertz CT molecular complexity index is 1450. The van der Waals surface area contributed by atoms with Crippen LogP contribution in [0.4, 0.5) is 5.69 Å². The molecule has 1 unspecified atom stereocenters. The van der Waals surface area contributed by atoms with Crippen LogP contribution < -0.4 is 14.4 Å². The first-order chi connectivity index (χ1) is 18.2. The number of carbonyl (C=O) groups is 3. The minimum absolute atomic E-state index is 0.120. The van der Waals surface area contributed by atoms with E-state index in [0.717, 1.165) is 12.0 Å². The first-order valence-electron chi connectivity index (χ1n) is 11.8. The second kappa shape index (κ2) is 11.0. The van der Waals surface area contributed by atoms with Gasteiger partial charge in [0.15, 0.2) is 0 Å². The number of hydrogen-bond donors (Lipinski definition) is 1. The number of benzene rings is 3. The molecule has 196 valence electrons. The van der Waals surface area contributed by atoms with Gasteiger partial charge in [0.25, 0.3) is 11.7 Å². The van der Waals surface area contributed by atoms with E-state index >= 15 is 0 Å². The second-order valence-electron chi connectivity index (χ2n) is 8.49. The average molecular weight is 536 g/mol. The molecule has 1 atom stereocenters. The Morgan fingerprint density at radius 3 is 2.26 bits per heavy atom. The third-order valence-electron chi connectivity index (χ3n) is 6.42. The van der Waals surface area contributed by atoms with Gasteiger partial charge in [0.1, 0.15) is 17.3 Å². The molecule has 0 bridgehead atoms. The molecule has 0 spiro atoms.